The van der Waals surface area contributed by atoms with E-state index in [1.807, 2.05) is 0 Å². The second-order valence-corrected chi connectivity index (χ2v) is 4.26. The maximum atomic E-state index is 10.2. The monoisotopic (exact) mass is 186 g/mol. The zero-order valence-electron chi connectivity index (χ0n) is 8.21. The van der Waals surface area contributed by atoms with Gasteiger partial charge in [0.2, 0.25) is 0 Å². The second-order valence-electron chi connectivity index (χ2n) is 4.26. The average Bonchev–Trinajstić information content (AvgIpc) is 2.00. The van der Waals surface area contributed by atoms with E-state index >= 15 is 0 Å². The fourth-order valence-electron chi connectivity index (χ4n) is 1.60. The van der Waals surface area contributed by atoms with Gasteiger partial charge in [-0.3, -0.25) is 4.79 Å². The van der Waals surface area contributed by atoms with E-state index in [1.54, 1.807) is 0 Å². The highest BCUT2D eigenvalue weighted by Crippen LogP contribution is 2.32. The SMILES string of the molecule is CC1(CCCCCC(=O)O)COC1. The predicted octanol–water partition coefficient (Wildman–Crippen LogP) is 2.06. The van der Waals surface area contributed by atoms with E-state index in [2.05, 4.69) is 6.92 Å². The van der Waals surface area contributed by atoms with Gasteiger partial charge in [-0.25, -0.2) is 0 Å². The summed E-state index contributed by atoms with van der Waals surface area (Å²) >= 11 is 0. The van der Waals surface area contributed by atoms with Gasteiger partial charge in [-0.05, 0) is 12.8 Å². The van der Waals surface area contributed by atoms with Crippen molar-refractivity contribution in [1.29, 1.82) is 0 Å². The standard InChI is InChI=1S/C10H18O3/c1-10(7-13-8-10)6-4-2-3-5-9(11)12/h2-8H2,1H3,(H,11,12). The van der Waals surface area contributed by atoms with Gasteiger partial charge in [0.1, 0.15) is 0 Å². The van der Waals surface area contributed by atoms with E-state index in [9.17, 15) is 4.79 Å². The first-order valence-electron chi connectivity index (χ1n) is 4.92. The lowest BCUT2D eigenvalue weighted by molar-refractivity contribution is -0.137. The van der Waals surface area contributed by atoms with Crippen molar-refractivity contribution in [3.63, 3.8) is 0 Å². The molecule has 0 radical (unpaired) electrons. The number of carboxylic acids is 1. The third-order valence-electron chi connectivity index (χ3n) is 2.57. The number of carbonyl (C=O) groups is 1. The highest BCUT2D eigenvalue weighted by Gasteiger charge is 2.32. The molecule has 0 aromatic rings. The Hall–Kier alpha value is -0.570. The lowest BCUT2D eigenvalue weighted by atomic mass is 9.83. The highest BCUT2D eigenvalue weighted by atomic mass is 16.5. The second kappa shape index (κ2) is 4.61. The molecule has 0 unspecified atom stereocenters. The lowest BCUT2D eigenvalue weighted by Gasteiger charge is -2.38. The molecule has 0 saturated carbocycles. The Morgan fingerprint density at radius 1 is 1.38 bits per heavy atom. The molecule has 76 valence electrons. The van der Waals surface area contributed by atoms with Crippen LogP contribution in [-0.4, -0.2) is 24.3 Å². The van der Waals surface area contributed by atoms with Gasteiger partial charge < -0.3 is 9.84 Å². The van der Waals surface area contributed by atoms with Gasteiger partial charge >= 0.3 is 5.97 Å². The molecule has 0 atom stereocenters. The van der Waals surface area contributed by atoms with Crippen LogP contribution < -0.4 is 0 Å². The van der Waals surface area contributed by atoms with E-state index in [0.717, 1.165) is 32.5 Å². The Bertz CT molecular complexity index is 173. The third kappa shape index (κ3) is 3.77. The molecule has 1 heterocycles. The quantitative estimate of drug-likeness (QED) is 0.646. The molecule has 0 spiro atoms. The Morgan fingerprint density at radius 3 is 2.54 bits per heavy atom. The maximum absolute atomic E-state index is 10.2. The maximum Gasteiger partial charge on any atom is 0.303 e. The van der Waals surface area contributed by atoms with Crippen molar-refractivity contribution in [2.75, 3.05) is 13.2 Å². The van der Waals surface area contributed by atoms with Gasteiger partial charge in [-0.15, -0.1) is 0 Å². The summed E-state index contributed by atoms with van der Waals surface area (Å²) in [5.74, 6) is -0.682. The van der Waals surface area contributed by atoms with Crippen molar-refractivity contribution < 1.29 is 14.6 Å². The van der Waals surface area contributed by atoms with Gasteiger partial charge in [-0.2, -0.15) is 0 Å². The van der Waals surface area contributed by atoms with Crippen molar-refractivity contribution >= 4 is 5.97 Å². The topological polar surface area (TPSA) is 46.5 Å². The van der Waals surface area contributed by atoms with Crippen LogP contribution in [-0.2, 0) is 9.53 Å². The van der Waals surface area contributed by atoms with Crippen LogP contribution >= 0.6 is 0 Å². The van der Waals surface area contributed by atoms with Gasteiger partial charge in [0.25, 0.3) is 0 Å². The summed E-state index contributed by atoms with van der Waals surface area (Å²) in [6.45, 7) is 3.99. The smallest absolute Gasteiger partial charge is 0.303 e. The first kappa shape index (κ1) is 10.5. The summed E-state index contributed by atoms with van der Waals surface area (Å²) in [5.41, 5.74) is 0.392. The zero-order valence-corrected chi connectivity index (χ0v) is 8.21. The van der Waals surface area contributed by atoms with Gasteiger partial charge in [0.05, 0.1) is 13.2 Å². The highest BCUT2D eigenvalue weighted by molar-refractivity contribution is 5.66. The zero-order chi connectivity index (χ0) is 9.73. The lowest BCUT2D eigenvalue weighted by Crippen LogP contribution is -2.39. The average molecular weight is 186 g/mol. The Labute approximate surface area is 79.1 Å². The van der Waals surface area contributed by atoms with E-state index in [0.29, 0.717) is 11.8 Å². The molecule has 1 saturated heterocycles. The molecule has 1 aliphatic rings. The molecular weight excluding hydrogens is 168 g/mol. The van der Waals surface area contributed by atoms with E-state index in [4.69, 9.17) is 9.84 Å². The Morgan fingerprint density at radius 2 is 2.08 bits per heavy atom. The molecule has 3 nitrogen and oxygen atoms in total. The van der Waals surface area contributed by atoms with Gasteiger partial charge in [0.15, 0.2) is 0 Å². The predicted molar refractivity (Wildman–Crippen MR) is 49.6 cm³/mol. The van der Waals surface area contributed by atoms with Crippen LogP contribution in [0.4, 0.5) is 0 Å². The minimum atomic E-state index is -0.682. The third-order valence-corrected chi connectivity index (χ3v) is 2.57. The van der Waals surface area contributed by atoms with Crippen LogP contribution in [0.5, 0.6) is 0 Å². The first-order chi connectivity index (χ1) is 6.12. The first-order valence-corrected chi connectivity index (χ1v) is 4.92. The van der Waals surface area contributed by atoms with Crippen LogP contribution in [0, 0.1) is 5.41 Å². The Balaban J connectivity index is 1.92. The molecule has 1 rings (SSSR count). The van der Waals surface area contributed by atoms with Crippen molar-refractivity contribution in [3.8, 4) is 0 Å². The van der Waals surface area contributed by atoms with Gasteiger partial charge in [-0.1, -0.05) is 19.8 Å². The number of hydrogen-bond acceptors (Lipinski definition) is 2. The molecule has 0 bridgehead atoms. The van der Waals surface area contributed by atoms with Crippen LogP contribution in [0.2, 0.25) is 0 Å². The number of aliphatic carboxylic acids is 1. The minimum absolute atomic E-state index is 0.313. The fraction of sp³-hybridized carbons (Fsp3) is 0.900. The van der Waals surface area contributed by atoms with E-state index < -0.39 is 5.97 Å². The van der Waals surface area contributed by atoms with Crippen molar-refractivity contribution in [2.45, 2.75) is 39.0 Å². The summed E-state index contributed by atoms with van der Waals surface area (Å²) in [4.78, 5) is 10.2. The number of carboxylic acid groups (broad SMARTS) is 1. The van der Waals surface area contributed by atoms with Crippen LogP contribution in [0.15, 0.2) is 0 Å². The minimum Gasteiger partial charge on any atom is -0.481 e. The summed E-state index contributed by atoms with van der Waals surface area (Å²) in [6, 6.07) is 0. The summed E-state index contributed by atoms with van der Waals surface area (Å²) in [6.07, 6.45) is 4.46. The fourth-order valence-corrected chi connectivity index (χ4v) is 1.60. The molecule has 3 heteroatoms. The molecule has 1 fully saturated rings. The van der Waals surface area contributed by atoms with Gasteiger partial charge in [0, 0.05) is 11.8 Å². The van der Waals surface area contributed by atoms with E-state index in [1.165, 1.54) is 6.42 Å². The summed E-state index contributed by atoms with van der Waals surface area (Å²) in [5, 5.41) is 8.41. The van der Waals surface area contributed by atoms with Crippen molar-refractivity contribution in [3.05, 3.63) is 0 Å². The number of hydrogen-bond donors (Lipinski definition) is 1. The molecule has 0 aromatic heterocycles. The number of rotatable bonds is 6. The van der Waals surface area contributed by atoms with Crippen LogP contribution in [0.1, 0.15) is 39.0 Å². The number of unbranched alkanes of at least 4 members (excludes halogenated alkanes) is 2. The molecule has 1 N–H and O–H groups in total. The largest absolute Gasteiger partial charge is 0.481 e. The molecule has 0 aromatic carbocycles. The normalized spacial score (nSPS) is 19.5. The number of ether oxygens (including phenoxy) is 1. The van der Waals surface area contributed by atoms with Crippen LogP contribution in [0.3, 0.4) is 0 Å². The molecule has 0 aliphatic carbocycles. The summed E-state index contributed by atoms with van der Waals surface area (Å²) < 4.78 is 5.14. The molecule has 13 heavy (non-hydrogen) atoms. The summed E-state index contributed by atoms with van der Waals surface area (Å²) in [7, 11) is 0. The molecule has 0 amide bonds. The molecular formula is C10H18O3. The van der Waals surface area contributed by atoms with Crippen molar-refractivity contribution in [1.82, 2.24) is 0 Å². The molecule has 1 aliphatic heterocycles. The van der Waals surface area contributed by atoms with Crippen molar-refractivity contribution in [2.24, 2.45) is 5.41 Å². The van der Waals surface area contributed by atoms with Crippen LogP contribution in [0.25, 0.3) is 0 Å². The van der Waals surface area contributed by atoms with E-state index in [-0.39, 0.29) is 0 Å². The Kier molecular flexibility index (Phi) is 3.72.